The number of hydrogen-bond donors (Lipinski definition) is 0. The number of ketones is 1. The third-order valence-corrected chi connectivity index (χ3v) is 5.28. The normalized spacial score (nSPS) is 11.9. The highest BCUT2D eigenvalue weighted by Gasteiger charge is 2.10. The lowest BCUT2D eigenvalue weighted by Gasteiger charge is -2.05. The minimum Gasteiger partial charge on any atom is -0.380 e. The second-order valence-electron chi connectivity index (χ2n) is 6.25. The van der Waals surface area contributed by atoms with Crippen molar-refractivity contribution in [2.75, 3.05) is 13.2 Å². The Labute approximate surface area is 161 Å². The maximum Gasteiger partial charge on any atom is 0.279 e. The van der Waals surface area contributed by atoms with Gasteiger partial charge in [-0.2, -0.15) is 4.99 Å². The predicted octanol–water partition coefficient (Wildman–Crippen LogP) is 3.99. The lowest BCUT2D eigenvalue weighted by molar-refractivity contribution is 0.0990. The van der Waals surface area contributed by atoms with Gasteiger partial charge in [0.05, 0.1) is 16.8 Å². The number of ether oxygens (including phenoxy) is 1. The van der Waals surface area contributed by atoms with E-state index in [0.717, 1.165) is 10.2 Å². The van der Waals surface area contributed by atoms with Crippen molar-refractivity contribution in [1.29, 1.82) is 0 Å². The Morgan fingerprint density at radius 2 is 1.81 bits per heavy atom. The number of carbonyl (C=O) groups excluding carboxylic acids is 2. The molecule has 0 N–H and O–H groups in total. The summed E-state index contributed by atoms with van der Waals surface area (Å²) in [4.78, 5) is 29.0. The van der Waals surface area contributed by atoms with Crippen molar-refractivity contribution in [3.05, 3.63) is 64.0 Å². The number of thiazole rings is 1. The summed E-state index contributed by atoms with van der Waals surface area (Å²) in [5, 5.41) is 0. The second kappa shape index (κ2) is 8.41. The van der Waals surface area contributed by atoms with E-state index >= 15 is 0 Å². The van der Waals surface area contributed by atoms with Crippen LogP contribution >= 0.6 is 11.3 Å². The molecule has 1 amide bonds. The average Bonchev–Trinajstić information content (AvgIpc) is 2.98. The summed E-state index contributed by atoms with van der Waals surface area (Å²) in [5.41, 5.74) is 3.25. The van der Waals surface area contributed by atoms with Gasteiger partial charge in [0.2, 0.25) is 0 Å². The van der Waals surface area contributed by atoms with Crippen molar-refractivity contribution >= 4 is 33.2 Å². The molecule has 0 spiro atoms. The number of aryl methyl sites for hydroxylation is 1. The van der Waals surface area contributed by atoms with Gasteiger partial charge in [0.1, 0.15) is 0 Å². The van der Waals surface area contributed by atoms with Crippen LogP contribution in [0.15, 0.2) is 47.5 Å². The molecule has 0 fully saturated rings. The molecule has 27 heavy (non-hydrogen) atoms. The molecule has 1 heterocycles. The molecular formula is C21H22N2O3S. The van der Waals surface area contributed by atoms with Crippen LogP contribution in [-0.4, -0.2) is 29.5 Å². The number of nitrogens with zero attached hydrogens (tertiary/aromatic N) is 2. The fourth-order valence-electron chi connectivity index (χ4n) is 2.78. The van der Waals surface area contributed by atoms with Crippen LogP contribution in [0.3, 0.4) is 0 Å². The van der Waals surface area contributed by atoms with Crippen molar-refractivity contribution in [2.24, 2.45) is 4.99 Å². The molecular weight excluding hydrogens is 360 g/mol. The molecule has 5 nitrogen and oxygen atoms in total. The maximum atomic E-state index is 12.6. The summed E-state index contributed by atoms with van der Waals surface area (Å²) in [6, 6.07) is 12.8. The molecule has 0 aliphatic carbocycles. The Morgan fingerprint density at radius 3 is 2.48 bits per heavy atom. The van der Waals surface area contributed by atoms with E-state index in [1.54, 1.807) is 24.3 Å². The van der Waals surface area contributed by atoms with Crippen LogP contribution < -0.4 is 4.80 Å². The van der Waals surface area contributed by atoms with Gasteiger partial charge in [0.15, 0.2) is 10.6 Å². The Balaban J connectivity index is 2.01. The molecule has 0 atom stereocenters. The van der Waals surface area contributed by atoms with E-state index in [0.29, 0.717) is 35.7 Å². The molecule has 0 radical (unpaired) electrons. The van der Waals surface area contributed by atoms with Crippen molar-refractivity contribution in [3.8, 4) is 0 Å². The van der Waals surface area contributed by atoms with Crippen molar-refractivity contribution in [1.82, 2.24) is 4.57 Å². The lowest BCUT2D eigenvalue weighted by atomic mass is 10.1. The number of rotatable bonds is 6. The Morgan fingerprint density at radius 1 is 1.11 bits per heavy atom. The summed E-state index contributed by atoms with van der Waals surface area (Å²) in [6.07, 6.45) is 0. The second-order valence-corrected chi connectivity index (χ2v) is 7.26. The molecule has 140 valence electrons. The van der Waals surface area contributed by atoms with Crippen molar-refractivity contribution in [2.45, 2.75) is 27.3 Å². The standard InChI is InChI=1S/C21H22N2O3S/c1-4-26-12-11-23-18-10-5-14(2)13-19(18)27-21(23)22-20(25)17-8-6-16(7-9-17)15(3)24/h5-10,13H,4,11-12H2,1-3H3. The van der Waals surface area contributed by atoms with Gasteiger partial charge in [-0.15, -0.1) is 0 Å². The van der Waals surface area contributed by atoms with Crippen LogP contribution in [0.25, 0.3) is 10.2 Å². The molecule has 1 aromatic heterocycles. The highest BCUT2D eigenvalue weighted by atomic mass is 32.1. The largest absolute Gasteiger partial charge is 0.380 e. The molecule has 0 saturated carbocycles. The summed E-state index contributed by atoms with van der Waals surface area (Å²) in [7, 11) is 0. The van der Waals surface area contributed by atoms with Crippen LogP contribution in [0.1, 0.15) is 40.1 Å². The number of fused-ring (bicyclic) bond motifs is 1. The number of carbonyl (C=O) groups is 2. The zero-order chi connectivity index (χ0) is 19.4. The topological polar surface area (TPSA) is 60.7 Å². The number of Topliss-reactive ketones (excluding diaryl/α,β-unsaturated/α-hetero) is 1. The van der Waals surface area contributed by atoms with Gasteiger partial charge < -0.3 is 9.30 Å². The van der Waals surface area contributed by atoms with E-state index in [2.05, 4.69) is 23.2 Å². The zero-order valence-corrected chi connectivity index (χ0v) is 16.5. The van der Waals surface area contributed by atoms with E-state index in [4.69, 9.17) is 4.74 Å². The zero-order valence-electron chi connectivity index (χ0n) is 15.7. The van der Waals surface area contributed by atoms with Gasteiger partial charge in [0.25, 0.3) is 5.91 Å². The molecule has 0 aliphatic heterocycles. The van der Waals surface area contributed by atoms with E-state index < -0.39 is 0 Å². The van der Waals surface area contributed by atoms with Crippen LogP contribution in [0.5, 0.6) is 0 Å². The number of hydrogen-bond acceptors (Lipinski definition) is 4. The molecule has 6 heteroatoms. The third kappa shape index (κ3) is 4.40. The van der Waals surface area contributed by atoms with E-state index in [-0.39, 0.29) is 11.7 Å². The average molecular weight is 382 g/mol. The molecule has 0 unspecified atom stereocenters. The van der Waals surface area contributed by atoms with E-state index in [1.165, 1.54) is 23.8 Å². The SMILES string of the molecule is CCOCCn1c(=NC(=O)c2ccc(C(C)=O)cc2)sc2cc(C)ccc21. The monoisotopic (exact) mass is 382 g/mol. The van der Waals surface area contributed by atoms with E-state index in [9.17, 15) is 9.59 Å². The summed E-state index contributed by atoms with van der Waals surface area (Å²) in [5.74, 6) is -0.349. The number of amides is 1. The van der Waals surface area contributed by atoms with Crippen LogP contribution in [0.4, 0.5) is 0 Å². The van der Waals surface area contributed by atoms with E-state index in [1.807, 2.05) is 18.4 Å². The minimum absolute atomic E-state index is 0.0282. The minimum atomic E-state index is -0.321. The van der Waals surface area contributed by atoms with Crippen LogP contribution in [0, 0.1) is 6.92 Å². The first-order chi connectivity index (χ1) is 13.0. The van der Waals surface area contributed by atoms with Gasteiger partial charge in [-0.05, 0) is 50.6 Å². The predicted molar refractivity (Wildman–Crippen MR) is 107 cm³/mol. The fraction of sp³-hybridized carbons (Fsp3) is 0.286. The van der Waals surface area contributed by atoms with Gasteiger partial charge in [-0.25, -0.2) is 0 Å². The first-order valence-corrected chi connectivity index (χ1v) is 9.69. The third-order valence-electron chi connectivity index (χ3n) is 4.24. The Bertz CT molecular complexity index is 1050. The van der Waals surface area contributed by atoms with Gasteiger partial charge in [-0.1, -0.05) is 29.5 Å². The summed E-state index contributed by atoms with van der Waals surface area (Å²) < 4.78 is 8.60. The summed E-state index contributed by atoms with van der Waals surface area (Å²) in [6.45, 7) is 7.34. The molecule has 2 aromatic carbocycles. The molecule has 0 saturated heterocycles. The highest BCUT2D eigenvalue weighted by molar-refractivity contribution is 7.16. The smallest absolute Gasteiger partial charge is 0.279 e. The molecule has 3 rings (SSSR count). The Hall–Kier alpha value is -2.57. The summed E-state index contributed by atoms with van der Waals surface area (Å²) >= 11 is 1.49. The maximum absolute atomic E-state index is 12.6. The molecule has 0 aliphatic rings. The van der Waals surface area contributed by atoms with Gasteiger partial charge >= 0.3 is 0 Å². The van der Waals surface area contributed by atoms with Gasteiger partial charge in [0, 0.05) is 24.3 Å². The molecule has 3 aromatic rings. The van der Waals surface area contributed by atoms with Crippen molar-refractivity contribution < 1.29 is 14.3 Å². The van der Waals surface area contributed by atoms with Crippen LogP contribution in [-0.2, 0) is 11.3 Å². The highest BCUT2D eigenvalue weighted by Crippen LogP contribution is 2.19. The van der Waals surface area contributed by atoms with Crippen molar-refractivity contribution in [3.63, 3.8) is 0 Å². The lowest BCUT2D eigenvalue weighted by Crippen LogP contribution is -2.19. The van der Waals surface area contributed by atoms with Gasteiger partial charge in [-0.3, -0.25) is 9.59 Å². The quantitative estimate of drug-likeness (QED) is 0.478. The fourth-order valence-corrected chi connectivity index (χ4v) is 3.93. The first kappa shape index (κ1) is 19.2. The van der Waals surface area contributed by atoms with Crippen LogP contribution in [0.2, 0.25) is 0 Å². The number of benzene rings is 2. The number of aromatic nitrogens is 1. The molecule has 0 bridgehead atoms. The first-order valence-electron chi connectivity index (χ1n) is 8.87. The Kier molecular flexibility index (Phi) is 5.98.